The Morgan fingerprint density at radius 3 is 2.60 bits per heavy atom. The molecule has 0 radical (unpaired) electrons. The molecular weight excluding hydrogens is 312 g/mol. The molecule has 5 heteroatoms. The number of anilines is 2. The molecule has 0 unspecified atom stereocenters. The SMILES string of the molecule is CCN1CCN(c2ccccc2NC(=O)CCC2CCNCC2)CC1. The highest BCUT2D eigenvalue weighted by molar-refractivity contribution is 5.94. The Bertz CT molecular complexity index is 548. The zero-order valence-corrected chi connectivity index (χ0v) is 15.5. The summed E-state index contributed by atoms with van der Waals surface area (Å²) in [5, 5.41) is 6.55. The first-order chi connectivity index (χ1) is 12.3. The van der Waals surface area contributed by atoms with Gasteiger partial charge in [0.05, 0.1) is 11.4 Å². The monoisotopic (exact) mass is 344 g/mol. The lowest BCUT2D eigenvalue weighted by Crippen LogP contribution is -2.46. The second-order valence-electron chi connectivity index (χ2n) is 7.22. The van der Waals surface area contributed by atoms with Crippen LogP contribution in [0.15, 0.2) is 24.3 Å². The highest BCUT2D eigenvalue weighted by Crippen LogP contribution is 2.27. The van der Waals surface area contributed by atoms with E-state index in [9.17, 15) is 4.79 Å². The molecule has 0 saturated carbocycles. The Kier molecular flexibility index (Phi) is 6.70. The maximum absolute atomic E-state index is 12.4. The number of para-hydroxylation sites is 2. The van der Waals surface area contributed by atoms with Crippen LogP contribution in [0.2, 0.25) is 0 Å². The van der Waals surface area contributed by atoms with E-state index in [1.807, 2.05) is 12.1 Å². The fourth-order valence-corrected chi connectivity index (χ4v) is 3.88. The second-order valence-corrected chi connectivity index (χ2v) is 7.22. The van der Waals surface area contributed by atoms with Gasteiger partial charge in [0.1, 0.15) is 0 Å². The number of benzene rings is 1. The van der Waals surface area contributed by atoms with E-state index in [0.29, 0.717) is 12.3 Å². The van der Waals surface area contributed by atoms with Crippen LogP contribution in [0.3, 0.4) is 0 Å². The molecule has 3 rings (SSSR count). The van der Waals surface area contributed by atoms with E-state index >= 15 is 0 Å². The third-order valence-corrected chi connectivity index (χ3v) is 5.58. The fraction of sp³-hybridized carbons (Fsp3) is 0.650. The number of hydrogen-bond donors (Lipinski definition) is 2. The number of piperidine rings is 1. The lowest BCUT2D eigenvalue weighted by molar-refractivity contribution is -0.116. The molecule has 25 heavy (non-hydrogen) atoms. The summed E-state index contributed by atoms with van der Waals surface area (Å²) in [4.78, 5) is 17.3. The molecule has 1 aromatic rings. The Labute approximate surface area is 151 Å². The molecule has 1 aromatic carbocycles. The number of likely N-dealkylation sites (N-methyl/N-ethyl adjacent to an activating group) is 1. The smallest absolute Gasteiger partial charge is 0.224 e. The summed E-state index contributed by atoms with van der Waals surface area (Å²) >= 11 is 0. The maximum atomic E-state index is 12.4. The molecule has 0 aliphatic carbocycles. The summed E-state index contributed by atoms with van der Waals surface area (Å²) < 4.78 is 0. The molecule has 2 N–H and O–H groups in total. The molecule has 2 aliphatic heterocycles. The van der Waals surface area contributed by atoms with Crippen LogP contribution in [0.1, 0.15) is 32.6 Å². The Balaban J connectivity index is 1.54. The highest BCUT2D eigenvalue weighted by Gasteiger charge is 2.19. The Morgan fingerprint density at radius 2 is 1.88 bits per heavy atom. The lowest BCUT2D eigenvalue weighted by atomic mass is 9.93. The van der Waals surface area contributed by atoms with Gasteiger partial charge in [-0.15, -0.1) is 0 Å². The minimum absolute atomic E-state index is 0.151. The van der Waals surface area contributed by atoms with Crippen molar-refractivity contribution >= 4 is 17.3 Å². The second kappa shape index (κ2) is 9.20. The quantitative estimate of drug-likeness (QED) is 0.833. The molecule has 2 aliphatic rings. The van der Waals surface area contributed by atoms with Crippen molar-refractivity contribution in [1.82, 2.24) is 10.2 Å². The van der Waals surface area contributed by atoms with Gasteiger partial charge in [-0.05, 0) is 56.9 Å². The van der Waals surface area contributed by atoms with Crippen molar-refractivity contribution in [3.8, 4) is 0 Å². The molecule has 0 aromatic heterocycles. The van der Waals surface area contributed by atoms with E-state index in [4.69, 9.17) is 0 Å². The van der Waals surface area contributed by atoms with E-state index < -0.39 is 0 Å². The minimum atomic E-state index is 0.151. The van der Waals surface area contributed by atoms with Gasteiger partial charge in [0, 0.05) is 32.6 Å². The van der Waals surface area contributed by atoms with E-state index in [1.165, 1.54) is 12.8 Å². The average Bonchev–Trinajstić information content (AvgIpc) is 2.68. The van der Waals surface area contributed by atoms with Gasteiger partial charge < -0.3 is 20.4 Å². The summed E-state index contributed by atoms with van der Waals surface area (Å²) in [6.45, 7) is 9.75. The molecule has 2 heterocycles. The minimum Gasteiger partial charge on any atom is -0.367 e. The van der Waals surface area contributed by atoms with Gasteiger partial charge in [-0.1, -0.05) is 19.1 Å². The summed E-state index contributed by atoms with van der Waals surface area (Å²) in [7, 11) is 0. The van der Waals surface area contributed by atoms with Crippen molar-refractivity contribution in [2.75, 3.05) is 56.0 Å². The summed E-state index contributed by atoms with van der Waals surface area (Å²) in [6, 6.07) is 8.23. The number of nitrogens with one attached hydrogen (secondary N) is 2. The topological polar surface area (TPSA) is 47.6 Å². The highest BCUT2D eigenvalue weighted by atomic mass is 16.1. The molecule has 0 bridgehead atoms. The first-order valence-electron chi connectivity index (χ1n) is 9.83. The molecule has 0 spiro atoms. The zero-order valence-electron chi connectivity index (χ0n) is 15.5. The van der Waals surface area contributed by atoms with Crippen LogP contribution in [-0.2, 0) is 4.79 Å². The molecule has 1 amide bonds. The zero-order chi connectivity index (χ0) is 17.5. The van der Waals surface area contributed by atoms with Gasteiger partial charge in [0.15, 0.2) is 0 Å². The molecule has 138 valence electrons. The third-order valence-electron chi connectivity index (χ3n) is 5.58. The average molecular weight is 345 g/mol. The number of carbonyl (C=O) groups excluding carboxylic acids is 1. The third kappa shape index (κ3) is 5.19. The van der Waals surface area contributed by atoms with Crippen LogP contribution in [0.4, 0.5) is 11.4 Å². The summed E-state index contributed by atoms with van der Waals surface area (Å²) in [5.41, 5.74) is 2.12. The van der Waals surface area contributed by atoms with E-state index in [0.717, 1.165) is 63.6 Å². The molecular formula is C20H32N4O. The molecule has 2 fully saturated rings. The van der Waals surface area contributed by atoms with E-state index in [2.05, 4.69) is 39.5 Å². The fourth-order valence-electron chi connectivity index (χ4n) is 3.88. The van der Waals surface area contributed by atoms with Gasteiger partial charge >= 0.3 is 0 Å². The predicted molar refractivity (Wildman–Crippen MR) is 104 cm³/mol. The van der Waals surface area contributed by atoms with Crippen molar-refractivity contribution in [3.63, 3.8) is 0 Å². The predicted octanol–water partition coefficient (Wildman–Crippen LogP) is 2.55. The van der Waals surface area contributed by atoms with Crippen molar-refractivity contribution in [3.05, 3.63) is 24.3 Å². The van der Waals surface area contributed by atoms with Crippen LogP contribution in [0.5, 0.6) is 0 Å². The molecule has 5 nitrogen and oxygen atoms in total. The van der Waals surface area contributed by atoms with Gasteiger partial charge in [-0.25, -0.2) is 0 Å². The lowest BCUT2D eigenvalue weighted by Gasteiger charge is -2.36. The van der Waals surface area contributed by atoms with E-state index in [1.54, 1.807) is 0 Å². The number of amides is 1. The van der Waals surface area contributed by atoms with Gasteiger partial charge in [0.25, 0.3) is 0 Å². The number of piperazine rings is 1. The van der Waals surface area contributed by atoms with Crippen LogP contribution in [-0.4, -0.2) is 56.6 Å². The first-order valence-corrected chi connectivity index (χ1v) is 9.83. The standard InChI is InChI=1S/C20H32N4O/c1-2-23-13-15-24(16-14-23)19-6-4-3-5-18(19)22-20(25)8-7-17-9-11-21-12-10-17/h3-6,17,21H,2,7-16H2,1H3,(H,22,25). The number of rotatable bonds is 6. The summed E-state index contributed by atoms with van der Waals surface area (Å²) in [5.74, 6) is 0.850. The van der Waals surface area contributed by atoms with Crippen molar-refractivity contribution in [1.29, 1.82) is 0 Å². The maximum Gasteiger partial charge on any atom is 0.224 e. The van der Waals surface area contributed by atoms with Crippen LogP contribution in [0, 0.1) is 5.92 Å². The van der Waals surface area contributed by atoms with Gasteiger partial charge in [-0.2, -0.15) is 0 Å². The molecule has 0 atom stereocenters. The van der Waals surface area contributed by atoms with Crippen LogP contribution in [0.25, 0.3) is 0 Å². The summed E-state index contributed by atoms with van der Waals surface area (Å²) in [6.07, 6.45) is 4.03. The van der Waals surface area contributed by atoms with Crippen molar-refractivity contribution in [2.24, 2.45) is 5.92 Å². The van der Waals surface area contributed by atoms with Gasteiger partial charge in [0.2, 0.25) is 5.91 Å². The number of carbonyl (C=O) groups is 1. The Morgan fingerprint density at radius 1 is 1.16 bits per heavy atom. The van der Waals surface area contributed by atoms with Crippen molar-refractivity contribution in [2.45, 2.75) is 32.6 Å². The van der Waals surface area contributed by atoms with E-state index in [-0.39, 0.29) is 5.91 Å². The Hall–Kier alpha value is -1.59. The first kappa shape index (κ1) is 18.2. The van der Waals surface area contributed by atoms with Gasteiger partial charge in [-0.3, -0.25) is 4.79 Å². The number of nitrogens with zero attached hydrogens (tertiary/aromatic N) is 2. The van der Waals surface area contributed by atoms with Crippen LogP contribution < -0.4 is 15.5 Å². The normalized spacial score (nSPS) is 19.8. The largest absolute Gasteiger partial charge is 0.367 e. The van der Waals surface area contributed by atoms with Crippen LogP contribution >= 0.6 is 0 Å². The molecule has 2 saturated heterocycles. The number of hydrogen-bond acceptors (Lipinski definition) is 4. The van der Waals surface area contributed by atoms with Crippen molar-refractivity contribution < 1.29 is 4.79 Å².